The molecular formula is C13H14N4O4. The van der Waals surface area contributed by atoms with Crippen LogP contribution >= 0.6 is 0 Å². The van der Waals surface area contributed by atoms with Crippen molar-refractivity contribution in [2.45, 2.75) is 12.8 Å². The van der Waals surface area contributed by atoms with Crippen molar-refractivity contribution in [1.29, 1.82) is 0 Å². The van der Waals surface area contributed by atoms with Crippen molar-refractivity contribution in [3.05, 3.63) is 39.9 Å². The number of non-ortho nitro benzene ring substituents is 1. The van der Waals surface area contributed by atoms with E-state index in [1.807, 2.05) is 0 Å². The molecule has 8 nitrogen and oxygen atoms in total. The van der Waals surface area contributed by atoms with Crippen molar-refractivity contribution < 1.29 is 14.5 Å². The number of amides is 2. The fourth-order valence-corrected chi connectivity index (χ4v) is 1.99. The number of benzene rings is 1. The van der Waals surface area contributed by atoms with Gasteiger partial charge in [-0.15, -0.1) is 0 Å². The van der Waals surface area contributed by atoms with E-state index in [1.54, 1.807) is 6.07 Å². The maximum absolute atomic E-state index is 11.8. The molecule has 2 amide bonds. The number of hydrazone groups is 1. The second-order valence-electron chi connectivity index (χ2n) is 4.57. The van der Waals surface area contributed by atoms with E-state index in [2.05, 4.69) is 15.8 Å². The highest BCUT2D eigenvalue weighted by Gasteiger charge is 2.28. The first-order chi connectivity index (χ1) is 10.1. The molecule has 0 aliphatic carbocycles. The number of nitrogens with zero attached hydrogens (tertiary/aromatic N) is 2. The highest BCUT2D eigenvalue weighted by molar-refractivity contribution is 6.00. The third-order valence-electron chi connectivity index (χ3n) is 3.07. The Hall–Kier alpha value is -2.77. The van der Waals surface area contributed by atoms with Crippen LogP contribution in [0.25, 0.3) is 0 Å². The number of nitro groups is 1. The first kappa shape index (κ1) is 14.6. The lowest BCUT2D eigenvalue weighted by Crippen LogP contribution is -2.43. The minimum absolute atomic E-state index is 0.0584. The second kappa shape index (κ2) is 6.60. The number of hydrogen-bond acceptors (Lipinski definition) is 5. The van der Waals surface area contributed by atoms with Crippen molar-refractivity contribution in [2.24, 2.45) is 11.0 Å². The lowest BCUT2D eigenvalue weighted by atomic mass is 9.98. The van der Waals surface area contributed by atoms with Gasteiger partial charge in [-0.1, -0.05) is 12.1 Å². The van der Waals surface area contributed by atoms with Crippen LogP contribution in [0.2, 0.25) is 0 Å². The molecule has 21 heavy (non-hydrogen) atoms. The molecule has 1 aromatic rings. The average Bonchev–Trinajstić information content (AvgIpc) is 2.48. The Morgan fingerprint density at radius 2 is 2.33 bits per heavy atom. The highest BCUT2D eigenvalue weighted by atomic mass is 16.6. The normalized spacial score (nSPS) is 18.3. The summed E-state index contributed by atoms with van der Waals surface area (Å²) in [5, 5.41) is 17.0. The van der Waals surface area contributed by atoms with Crippen LogP contribution in [0.3, 0.4) is 0 Å². The number of nitrogens with one attached hydrogen (secondary N) is 2. The number of carbonyl (C=O) groups is 2. The second-order valence-corrected chi connectivity index (χ2v) is 4.57. The Morgan fingerprint density at radius 1 is 1.52 bits per heavy atom. The van der Waals surface area contributed by atoms with E-state index >= 15 is 0 Å². The molecule has 8 heteroatoms. The van der Waals surface area contributed by atoms with Gasteiger partial charge in [0, 0.05) is 24.2 Å². The Kier molecular flexibility index (Phi) is 4.60. The molecule has 0 aromatic heterocycles. The summed E-state index contributed by atoms with van der Waals surface area (Å²) in [5.41, 5.74) is 2.71. The van der Waals surface area contributed by atoms with E-state index in [0.29, 0.717) is 18.5 Å². The zero-order valence-electron chi connectivity index (χ0n) is 11.1. The Morgan fingerprint density at radius 3 is 3.05 bits per heavy atom. The van der Waals surface area contributed by atoms with Gasteiger partial charge in [0.1, 0.15) is 5.92 Å². The van der Waals surface area contributed by atoms with E-state index in [9.17, 15) is 19.7 Å². The topological polar surface area (TPSA) is 114 Å². The lowest BCUT2D eigenvalue weighted by Gasteiger charge is -2.19. The van der Waals surface area contributed by atoms with Gasteiger partial charge in [0.15, 0.2) is 0 Å². The predicted molar refractivity (Wildman–Crippen MR) is 74.6 cm³/mol. The smallest absolute Gasteiger partial charge is 0.270 e. The summed E-state index contributed by atoms with van der Waals surface area (Å²) in [6, 6.07) is 5.84. The fourth-order valence-electron chi connectivity index (χ4n) is 1.99. The summed E-state index contributed by atoms with van der Waals surface area (Å²) in [4.78, 5) is 33.4. The molecule has 2 N–H and O–H groups in total. The summed E-state index contributed by atoms with van der Waals surface area (Å²) in [6.45, 7) is 0.583. The van der Waals surface area contributed by atoms with Gasteiger partial charge in [-0.3, -0.25) is 19.7 Å². The number of rotatable bonds is 4. The zero-order chi connectivity index (χ0) is 15.2. The minimum Gasteiger partial charge on any atom is -0.355 e. The number of carbonyl (C=O) groups excluding carboxylic acids is 2. The van der Waals surface area contributed by atoms with Gasteiger partial charge in [-0.2, -0.15) is 5.10 Å². The predicted octanol–water partition coefficient (Wildman–Crippen LogP) is 0.571. The maximum atomic E-state index is 11.8. The van der Waals surface area contributed by atoms with Crippen molar-refractivity contribution in [1.82, 2.24) is 10.7 Å². The van der Waals surface area contributed by atoms with E-state index < -0.39 is 16.7 Å². The number of nitro benzene ring substituents is 1. The molecule has 1 heterocycles. The monoisotopic (exact) mass is 290 g/mol. The summed E-state index contributed by atoms with van der Waals surface area (Å²) in [6.07, 6.45) is 2.54. The molecule has 0 radical (unpaired) electrons. The molecular weight excluding hydrogens is 276 g/mol. The summed E-state index contributed by atoms with van der Waals surface area (Å²) in [7, 11) is 0. The van der Waals surface area contributed by atoms with E-state index in [0.717, 1.165) is 6.42 Å². The fraction of sp³-hybridized carbons (Fsp3) is 0.308. The molecule has 0 bridgehead atoms. The summed E-state index contributed by atoms with van der Waals surface area (Å²) < 4.78 is 0. The molecule has 0 unspecified atom stereocenters. The van der Waals surface area contributed by atoms with Gasteiger partial charge in [0.05, 0.1) is 11.1 Å². The van der Waals surface area contributed by atoms with Gasteiger partial charge in [0.25, 0.3) is 11.6 Å². The van der Waals surface area contributed by atoms with Crippen LogP contribution in [0.1, 0.15) is 18.4 Å². The maximum Gasteiger partial charge on any atom is 0.270 e. The third kappa shape index (κ3) is 3.85. The van der Waals surface area contributed by atoms with E-state index in [4.69, 9.17) is 0 Å². The molecule has 1 aliphatic rings. The van der Waals surface area contributed by atoms with Crippen LogP contribution in [-0.2, 0) is 9.59 Å². The van der Waals surface area contributed by atoms with Crippen LogP contribution in [-0.4, -0.2) is 29.5 Å². The molecule has 2 rings (SSSR count). The van der Waals surface area contributed by atoms with Crippen molar-refractivity contribution in [3.63, 3.8) is 0 Å². The van der Waals surface area contributed by atoms with Crippen molar-refractivity contribution >= 4 is 23.7 Å². The largest absolute Gasteiger partial charge is 0.355 e. The van der Waals surface area contributed by atoms with Crippen LogP contribution in [0.15, 0.2) is 29.4 Å². The SMILES string of the molecule is O=C1NCCC[C@@H]1C(=O)N/N=C\c1cccc([N+](=O)[O-])c1. The van der Waals surface area contributed by atoms with Crippen LogP contribution in [0.4, 0.5) is 5.69 Å². The van der Waals surface area contributed by atoms with Gasteiger partial charge in [-0.25, -0.2) is 5.43 Å². The Bertz CT molecular complexity index is 600. The van der Waals surface area contributed by atoms with Gasteiger partial charge >= 0.3 is 0 Å². The first-order valence-electron chi connectivity index (χ1n) is 6.43. The van der Waals surface area contributed by atoms with Gasteiger partial charge < -0.3 is 5.32 Å². The zero-order valence-corrected chi connectivity index (χ0v) is 11.1. The summed E-state index contributed by atoms with van der Waals surface area (Å²) in [5.74, 6) is -1.51. The van der Waals surface area contributed by atoms with Crippen molar-refractivity contribution in [3.8, 4) is 0 Å². The molecule has 1 aliphatic heterocycles. The van der Waals surface area contributed by atoms with Crippen LogP contribution in [0, 0.1) is 16.0 Å². The molecule has 1 saturated heterocycles. The highest BCUT2D eigenvalue weighted by Crippen LogP contribution is 2.12. The number of hydrogen-bond donors (Lipinski definition) is 2. The molecule has 1 fully saturated rings. The molecule has 1 aromatic carbocycles. The quantitative estimate of drug-likeness (QED) is 0.365. The van der Waals surface area contributed by atoms with E-state index in [1.165, 1.54) is 24.4 Å². The molecule has 1 atom stereocenters. The Labute approximate surface area is 120 Å². The standard InChI is InChI=1S/C13H14N4O4/c18-12-11(5-2-6-14-12)13(19)16-15-8-9-3-1-4-10(7-9)17(20)21/h1,3-4,7-8,11H,2,5-6H2,(H,14,18)(H,16,19)/b15-8-/t11-/m0/s1. The van der Waals surface area contributed by atoms with Crippen LogP contribution in [0.5, 0.6) is 0 Å². The number of piperidine rings is 1. The lowest BCUT2D eigenvalue weighted by molar-refractivity contribution is -0.384. The van der Waals surface area contributed by atoms with Crippen molar-refractivity contribution in [2.75, 3.05) is 6.54 Å². The van der Waals surface area contributed by atoms with Gasteiger partial charge in [0.2, 0.25) is 5.91 Å². The Balaban J connectivity index is 1.95. The van der Waals surface area contributed by atoms with Crippen LogP contribution < -0.4 is 10.7 Å². The molecule has 0 spiro atoms. The average molecular weight is 290 g/mol. The molecule has 0 saturated carbocycles. The molecule has 110 valence electrons. The minimum atomic E-state index is -0.735. The van der Waals surface area contributed by atoms with Gasteiger partial charge in [-0.05, 0) is 12.8 Å². The first-order valence-corrected chi connectivity index (χ1v) is 6.43. The van der Waals surface area contributed by atoms with E-state index in [-0.39, 0.29) is 11.6 Å². The summed E-state index contributed by atoms with van der Waals surface area (Å²) >= 11 is 0. The third-order valence-corrected chi connectivity index (χ3v) is 3.07.